The van der Waals surface area contributed by atoms with E-state index < -0.39 is 0 Å². The third kappa shape index (κ3) is 4.02. The third-order valence-electron chi connectivity index (χ3n) is 11.1. The quantitative estimate of drug-likeness (QED) is 0.174. The molecule has 3 heterocycles. The van der Waals surface area contributed by atoms with Crippen molar-refractivity contribution in [3.8, 4) is 28.2 Å². The summed E-state index contributed by atoms with van der Waals surface area (Å²) in [5, 5.41) is 11.6. The molecular formula is C50H29N3O. The van der Waals surface area contributed by atoms with Crippen molar-refractivity contribution in [1.82, 2.24) is 14.5 Å². The van der Waals surface area contributed by atoms with E-state index in [1.807, 2.05) is 24.3 Å². The molecule has 0 unspecified atom stereocenters. The summed E-state index contributed by atoms with van der Waals surface area (Å²) in [6.07, 6.45) is 0. The summed E-state index contributed by atoms with van der Waals surface area (Å²) in [7, 11) is 0. The van der Waals surface area contributed by atoms with Crippen molar-refractivity contribution >= 4 is 87.1 Å². The number of aromatic nitrogens is 3. The van der Waals surface area contributed by atoms with Crippen molar-refractivity contribution in [2.24, 2.45) is 0 Å². The first kappa shape index (κ1) is 29.3. The van der Waals surface area contributed by atoms with E-state index in [-0.39, 0.29) is 0 Å². The number of nitrogens with zero attached hydrogens (tertiary/aromatic N) is 3. The lowest BCUT2D eigenvalue weighted by Gasteiger charge is -2.17. The topological polar surface area (TPSA) is 43.9 Å². The number of hydrogen-bond acceptors (Lipinski definition) is 3. The molecule has 250 valence electrons. The SMILES string of the molecule is c1ccc(-c2nc3ccccc3nc2-n2c3c(-c4c5ccccc5cc5c4oc4ccccc45)cccc3c3c4ccccc4c4ccccc4c32)cc1. The van der Waals surface area contributed by atoms with Crippen LogP contribution in [0, 0.1) is 0 Å². The molecule has 0 amide bonds. The molecule has 0 saturated heterocycles. The molecule has 0 aliphatic carbocycles. The van der Waals surface area contributed by atoms with Crippen LogP contribution in [0.5, 0.6) is 0 Å². The van der Waals surface area contributed by atoms with Crippen LogP contribution in [0.3, 0.4) is 0 Å². The maximum atomic E-state index is 6.87. The first-order valence-corrected chi connectivity index (χ1v) is 18.3. The molecule has 4 nitrogen and oxygen atoms in total. The molecule has 0 saturated carbocycles. The van der Waals surface area contributed by atoms with Crippen molar-refractivity contribution in [2.75, 3.05) is 0 Å². The number of para-hydroxylation sites is 4. The molecule has 12 aromatic rings. The largest absolute Gasteiger partial charge is 0.455 e. The Balaban J connectivity index is 1.37. The molecule has 0 N–H and O–H groups in total. The summed E-state index contributed by atoms with van der Waals surface area (Å²) in [4.78, 5) is 10.9. The summed E-state index contributed by atoms with van der Waals surface area (Å²) >= 11 is 0. The first-order chi connectivity index (χ1) is 26.8. The van der Waals surface area contributed by atoms with Crippen LogP contribution in [-0.4, -0.2) is 14.5 Å². The zero-order chi connectivity index (χ0) is 35.3. The van der Waals surface area contributed by atoms with E-state index in [1.54, 1.807) is 0 Å². The molecule has 0 atom stereocenters. The Kier molecular flexibility index (Phi) is 6.02. The van der Waals surface area contributed by atoms with E-state index in [0.717, 1.165) is 93.8 Å². The van der Waals surface area contributed by atoms with Crippen molar-refractivity contribution in [2.45, 2.75) is 0 Å². The number of rotatable bonds is 3. The van der Waals surface area contributed by atoms with Gasteiger partial charge in [0.1, 0.15) is 16.9 Å². The van der Waals surface area contributed by atoms with Crippen LogP contribution in [0.4, 0.5) is 0 Å². The van der Waals surface area contributed by atoms with Gasteiger partial charge in [0.25, 0.3) is 0 Å². The van der Waals surface area contributed by atoms with Gasteiger partial charge >= 0.3 is 0 Å². The Bertz CT molecular complexity index is 3500. The van der Waals surface area contributed by atoms with Gasteiger partial charge in [-0.25, -0.2) is 9.97 Å². The second-order valence-electron chi connectivity index (χ2n) is 14.1. The minimum Gasteiger partial charge on any atom is -0.455 e. The summed E-state index contributed by atoms with van der Waals surface area (Å²) < 4.78 is 9.28. The smallest absolute Gasteiger partial charge is 0.165 e. The summed E-state index contributed by atoms with van der Waals surface area (Å²) in [6.45, 7) is 0. The lowest BCUT2D eigenvalue weighted by molar-refractivity contribution is 0.670. The van der Waals surface area contributed by atoms with Crippen LogP contribution in [0.15, 0.2) is 180 Å². The van der Waals surface area contributed by atoms with Crippen molar-refractivity contribution in [3.63, 3.8) is 0 Å². The number of fused-ring (bicyclic) bond motifs is 13. The zero-order valence-electron chi connectivity index (χ0n) is 29.0. The molecule has 3 aromatic heterocycles. The fourth-order valence-electron chi connectivity index (χ4n) is 8.87. The fraction of sp³-hybridized carbons (Fsp3) is 0. The Labute approximate surface area is 309 Å². The minimum atomic E-state index is 0.786. The number of furan rings is 1. The van der Waals surface area contributed by atoms with E-state index in [0.29, 0.717) is 0 Å². The molecule has 4 heteroatoms. The molecule has 0 fully saturated rings. The van der Waals surface area contributed by atoms with Gasteiger partial charge in [-0.3, -0.25) is 4.57 Å². The standard InChI is InChI=1S/C50H29N3O/c1-2-15-30(16-3-1)46-50(52-42-27-12-11-26-41(42)51-46)53-47-38(44-36-22-8-6-19-33(36)34-20-7-9-23-37(34)48(44)53)24-14-25-39(47)45-32-18-5-4-17-31(32)29-40-35-21-10-13-28-43(35)54-49(40)45/h1-29H. The molecule has 0 radical (unpaired) electrons. The van der Waals surface area contributed by atoms with Gasteiger partial charge in [0, 0.05) is 43.6 Å². The van der Waals surface area contributed by atoms with E-state index >= 15 is 0 Å². The van der Waals surface area contributed by atoms with E-state index in [2.05, 4.69) is 156 Å². The summed E-state index contributed by atoms with van der Waals surface area (Å²) in [5.74, 6) is 0.786. The van der Waals surface area contributed by atoms with Gasteiger partial charge in [-0.15, -0.1) is 0 Å². The predicted molar refractivity (Wildman–Crippen MR) is 225 cm³/mol. The lowest BCUT2D eigenvalue weighted by Crippen LogP contribution is -2.05. The van der Waals surface area contributed by atoms with Crippen LogP contribution in [-0.2, 0) is 0 Å². The Morgan fingerprint density at radius 3 is 1.85 bits per heavy atom. The van der Waals surface area contributed by atoms with Crippen LogP contribution in [0.1, 0.15) is 0 Å². The monoisotopic (exact) mass is 687 g/mol. The Morgan fingerprint density at radius 2 is 1.04 bits per heavy atom. The molecule has 0 aliphatic rings. The molecular weight excluding hydrogens is 659 g/mol. The Hall–Kier alpha value is -7.30. The van der Waals surface area contributed by atoms with Gasteiger partial charge in [-0.1, -0.05) is 152 Å². The van der Waals surface area contributed by atoms with Crippen LogP contribution in [0.25, 0.3) is 115 Å². The van der Waals surface area contributed by atoms with Crippen molar-refractivity contribution in [3.05, 3.63) is 176 Å². The van der Waals surface area contributed by atoms with Gasteiger partial charge in [0.2, 0.25) is 0 Å². The van der Waals surface area contributed by atoms with Gasteiger partial charge in [0.05, 0.1) is 22.1 Å². The minimum absolute atomic E-state index is 0.786. The average Bonchev–Trinajstić information content (AvgIpc) is 3.79. The molecule has 0 spiro atoms. The highest BCUT2D eigenvalue weighted by Crippen LogP contribution is 2.49. The van der Waals surface area contributed by atoms with Gasteiger partial charge in [-0.2, -0.15) is 0 Å². The normalized spacial score (nSPS) is 12.1. The van der Waals surface area contributed by atoms with E-state index in [9.17, 15) is 0 Å². The average molecular weight is 688 g/mol. The third-order valence-corrected chi connectivity index (χ3v) is 11.1. The Morgan fingerprint density at radius 1 is 0.426 bits per heavy atom. The van der Waals surface area contributed by atoms with Gasteiger partial charge < -0.3 is 4.42 Å². The molecule has 0 aliphatic heterocycles. The second kappa shape index (κ2) is 11.1. The first-order valence-electron chi connectivity index (χ1n) is 18.3. The van der Waals surface area contributed by atoms with Gasteiger partial charge in [0.15, 0.2) is 5.82 Å². The van der Waals surface area contributed by atoms with Crippen LogP contribution >= 0.6 is 0 Å². The van der Waals surface area contributed by atoms with Gasteiger partial charge in [-0.05, 0) is 51.2 Å². The van der Waals surface area contributed by atoms with Crippen LogP contribution < -0.4 is 0 Å². The lowest BCUT2D eigenvalue weighted by atomic mass is 9.93. The van der Waals surface area contributed by atoms with E-state index in [4.69, 9.17) is 14.4 Å². The molecule has 0 bridgehead atoms. The molecule has 9 aromatic carbocycles. The maximum absolute atomic E-state index is 6.87. The fourth-order valence-corrected chi connectivity index (χ4v) is 8.87. The highest BCUT2D eigenvalue weighted by molar-refractivity contribution is 6.34. The highest BCUT2D eigenvalue weighted by Gasteiger charge is 2.27. The predicted octanol–water partition coefficient (Wildman–Crippen LogP) is 13.4. The highest BCUT2D eigenvalue weighted by atomic mass is 16.3. The van der Waals surface area contributed by atoms with Crippen molar-refractivity contribution < 1.29 is 4.42 Å². The molecule has 12 rings (SSSR count). The number of benzene rings is 9. The second-order valence-corrected chi connectivity index (χ2v) is 14.1. The van der Waals surface area contributed by atoms with E-state index in [1.165, 1.54) is 21.5 Å². The summed E-state index contributed by atoms with van der Waals surface area (Å²) in [6, 6.07) is 62.3. The molecule has 54 heavy (non-hydrogen) atoms. The van der Waals surface area contributed by atoms with Crippen LogP contribution in [0.2, 0.25) is 0 Å². The number of hydrogen-bond donors (Lipinski definition) is 0. The zero-order valence-corrected chi connectivity index (χ0v) is 29.0. The maximum Gasteiger partial charge on any atom is 0.165 e. The van der Waals surface area contributed by atoms with Crippen molar-refractivity contribution in [1.29, 1.82) is 0 Å². The summed E-state index contributed by atoms with van der Waals surface area (Å²) in [5.41, 5.74) is 9.60.